The summed E-state index contributed by atoms with van der Waals surface area (Å²) in [5.74, 6) is 0.0220. The van der Waals surface area contributed by atoms with E-state index in [2.05, 4.69) is 15.6 Å². The van der Waals surface area contributed by atoms with Crippen LogP contribution >= 0.6 is 0 Å². The van der Waals surface area contributed by atoms with Crippen LogP contribution in [0.5, 0.6) is 0 Å². The fraction of sp³-hybridized carbons (Fsp3) is 0.889. The Morgan fingerprint density at radius 1 is 1.46 bits per heavy atom. The number of hydrogen-bond acceptors (Lipinski definition) is 3. The van der Waals surface area contributed by atoms with Crippen LogP contribution in [-0.4, -0.2) is 25.1 Å². The zero-order chi connectivity index (χ0) is 9.68. The number of rotatable bonds is 4. The van der Waals surface area contributed by atoms with E-state index < -0.39 is 0 Å². The van der Waals surface area contributed by atoms with Crippen LogP contribution in [0.3, 0.4) is 0 Å². The lowest BCUT2D eigenvalue weighted by Crippen LogP contribution is -2.45. The zero-order valence-corrected chi connectivity index (χ0v) is 8.30. The van der Waals surface area contributed by atoms with Crippen LogP contribution in [0.25, 0.3) is 0 Å². The molecule has 4 nitrogen and oxygen atoms in total. The molecule has 1 aliphatic carbocycles. The van der Waals surface area contributed by atoms with E-state index in [1.54, 1.807) is 6.92 Å². The van der Waals surface area contributed by atoms with Crippen LogP contribution < -0.4 is 10.8 Å². The Hall–Kier alpha value is -0.610. The van der Waals surface area contributed by atoms with Gasteiger partial charge in [0, 0.05) is 6.04 Å². The first-order valence-electron chi connectivity index (χ1n) is 4.83. The molecule has 1 rings (SSSR count). The molecule has 1 saturated carbocycles. The van der Waals surface area contributed by atoms with Crippen molar-refractivity contribution >= 4 is 5.91 Å². The van der Waals surface area contributed by atoms with Gasteiger partial charge in [-0.25, -0.2) is 0 Å². The molecule has 0 aromatic rings. The fourth-order valence-corrected chi connectivity index (χ4v) is 1.63. The van der Waals surface area contributed by atoms with E-state index in [0.717, 1.165) is 12.8 Å². The van der Waals surface area contributed by atoms with Crippen molar-refractivity contribution in [3.8, 4) is 0 Å². The van der Waals surface area contributed by atoms with Crippen LogP contribution in [-0.2, 0) is 9.63 Å². The monoisotopic (exact) mass is 186 g/mol. The molecule has 0 radical (unpaired) electrons. The number of hydroxylamine groups is 1. The van der Waals surface area contributed by atoms with Gasteiger partial charge in [-0.2, -0.15) is 5.48 Å². The van der Waals surface area contributed by atoms with Crippen LogP contribution in [0.4, 0.5) is 0 Å². The van der Waals surface area contributed by atoms with Gasteiger partial charge in [0.05, 0.1) is 7.11 Å². The third-order valence-corrected chi connectivity index (χ3v) is 2.39. The predicted octanol–water partition coefficient (Wildman–Crippen LogP) is 0.585. The van der Waals surface area contributed by atoms with E-state index in [4.69, 9.17) is 0 Å². The van der Waals surface area contributed by atoms with Gasteiger partial charge < -0.3 is 10.2 Å². The summed E-state index contributed by atoms with van der Waals surface area (Å²) in [6.07, 6.45) is 4.70. The molecule has 0 heterocycles. The molecule has 1 amide bonds. The third kappa shape index (κ3) is 3.32. The van der Waals surface area contributed by atoms with Crippen LogP contribution in [0.1, 0.15) is 32.6 Å². The Labute approximate surface area is 79.0 Å². The summed E-state index contributed by atoms with van der Waals surface area (Å²) < 4.78 is 0. The SMILES string of the molecule is CONC(C)C(=O)NC1CCCC1. The molecule has 1 unspecified atom stereocenters. The van der Waals surface area contributed by atoms with Gasteiger partial charge in [0.1, 0.15) is 6.04 Å². The topological polar surface area (TPSA) is 50.4 Å². The Balaban J connectivity index is 2.22. The highest BCUT2D eigenvalue weighted by Gasteiger charge is 2.20. The summed E-state index contributed by atoms with van der Waals surface area (Å²) >= 11 is 0. The van der Waals surface area contributed by atoms with Crippen molar-refractivity contribution in [2.24, 2.45) is 0 Å². The molecule has 1 fully saturated rings. The van der Waals surface area contributed by atoms with Gasteiger partial charge in [0.15, 0.2) is 0 Å². The number of hydrogen-bond donors (Lipinski definition) is 2. The minimum absolute atomic E-state index is 0.0220. The molecule has 76 valence electrons. The second kappa shape index (κ2) is 5.19. The smallest absolute Gasteiger partial charge is 0.239 e. The molecule has 0 bridgehead atoms. The van der Waals surface area contributed by atoms with Gasteiger partial charge in [0.2, 0.25) is 5.91 Å². The lowest BCUT2D eigenvalue weighted by Gasteiger charge is -2.16. The minimum atomic E-state index is -0.273. The molecule has 13 heavy (non-hydrogen) atoms. The first-order valence-corrected chi connectivity index (χ1v) is 4.83. The van der Waals surface area contributed by atoms with Crippen molar-refractivity contribution in [2.75, 3.05) is 7.11 Å². The predicted molar refractivity (Wildman–Crippen MR) is 50.0 cm³/mol. The molecule has 0 spiro atoms. The molecule has 1 aliphatic rings. The molecule has 2 N–H and O–H groups in total. The maximum absolute atomic E-state index is 11.4. The maximum atomic E-state index is 11.4. The first kappa shape index (κ1) is 10.5. The van der Waals surface area contributed by atoms with Crippen molar-refractivity contribution < 1.29 is 9.63 Å². The largest absolute Gasteiger partial charge is 0.352 e. The van der Waals surface area contributed by atoms with Crippen molar-refractivity contribution in [2.45, 2.75) is 44.7 Å². The van der Waals surface area contributed by atoms with Crippen molar-refractivity contribution in [3.05, 3.63) is 0 Å². The van der Waals surface area contributed by atoms with E-state index in [1.807, 2.05) is 0 Å². The Bertz CT molecular complexity index is 167. The molecule has 0 saturated heterocycles. The highest BCUT2D eigenvalue weighted by Crippen LogP contribution is 2.17. The van der Waals surface area contributed by atoms with Gasteiger partial charge in [-0.15, -0.1) is 0 Å². The van der Waals surface area contributed by atoms with Gasteiger partial charge in [-0.1, -0.05) is 12.8 Å². The van der Waals surface area contributed by atoms with Gasteiger partial charge in [-0.05, 0) is 19.8 Å². The summed E-state index contributed by atoms with van der Waals surface area (Å²) in [7, 11) is 1.51. The quantitative estimate of drug-likeness (QED) is 0.632. The van der Waals surface area contributed by atoms with Gasteiger partial charge >= 0.3 is 0 Å². The molecule has 0 aliphatic heterocycles. The molecule has 4 heteroatoms. The van der Waals surface area contributed by atoms with E-state index in [1.165, 1.54) is 20.0 Å². The minimum Gasteiger partial charge on any atom is -0.352 e. The average molecular weight is 186 g/mol. The molecule has 1 atom stereocenters. The molecular weight excluding hydrogens is 168 g/mol. The maximum Gasteiger partial charge on any atom is 0.239 e. The summed E-state index contributed by atoms with van der Waals surface area (Å²) in [6.45, 7) is 1.79. The van der Waals surface area contributed by atoms with Crippen LogP contribution in [0.2, 0.25) is 0 Å². The Morgan fingerprint density at radius 3 is 2.62 bits per heavy atom. The second-order valence-corrected chi connectivity index (χ2v) is 3.53. The van der Waals surface area contributed by atoms with Crippen molar-refractivity contribution in [1.82, 2.24) is 10.8 Å². The Morgan fingerprint density at radius 2 is 2.08 bits per heavy atom. The highest BCUT2D eigenvalue weighted by molar-refractivity contribution is 5.81. The van der Waals surface area contributed by atoms with Crippen LogP contribution in [0, 0.1) is 0 Å². The van der Waals surface area contributed by atoms with Crippen molar-refractivity contribution in [1.29, 1.82) is 0 Å². The normalized spacial score (nSPS) is 20.2. The average Bonchev–Trinajstić information content (AvgIpc) is 2.57. The summed E-state index contributed by atoms with van der Waals surface area (Å²) in [5, 5.41) is 2.98. The third-order valence-electron chi connectivity index (χ3n) is 2.39. The standard InChI is InChI=1S/C9H18N2O2/c1-7(11-13-2)9(12)10-8-5-3-4-6-8/h7-8,11H,3-6H2,1-2H3,(H,10,12). The van der Waals surface area contributed by atoms with Gasteiger partial charge in [0.25, 0.3) is 0 Å². The van der Waals surface area contributed by atoms with E-state index >= 15 is 0 Å². The van der Waals surface area contributed by atoms with Gasteiger partial charge in [-0.3, -0.25) is 4.79 Å². The lowest BCUT2D eigenvalue weighted by molar-refractivity contribution is -0.126. The number of carbonyl (C=O) groups excluding carboxylic acids is 1. The van der Waals surface area contributed by atoms with Crippen LogP contribution in [0.15, 0.2) is 0 Å². The van der Waals surface area contributed by atoms with E-state index in [0.29, 0.717) is 6.04 Å². The van der Waals surface area contributed by atoms with Crippen molar-refractivity contribution in [3.63, 3.8) is 0 Å². The van der Waals surface area contributed by atoms with E-state index in [9.17, 15) is 4.79 Å². The summed E-state index contributed by atoms with van der Waals surface area (Å²) in [5.41, 5.74) is 2.61. The number of nitrogens with one attached hydrogen (secondary N) is 2. The second-order valence-electron chi connectivity index (χ2n) is 3.53. The first-order chi connectivity index (χ1) is 6.24. The summed E-state index contributed by atoms with van der Waals surface area (Å²) in [6, 6.07) is 0.110. The highest BCUT2D eigenvalue weighted by atomic mass is 16.6. The molecule has 0 aromatic carbocycles. The Kier molecular flexibility index (Phi) is 4.18. The summed E-state index contributed by atoms with van der Waals surface area (Å²) in [4.78, 5) is 16.1. The van der Waals surface area contributed by atoms with E-state index in [-0.39, 0.29) is 11.9 Å². The fourth-order valence-electron chi connectivity index (χ4n) is 1.63. The molecular formula is C9H18N2O2. The number of carbonyl (C=O) groups is 1. The molecule has 0 aromatic heterocycles. The zero-order valence-electron chi connectivity index (χ0n) is 8.30. The lowest BCUT2D eigenvalue weighted by atomic mass is 10.2. The number of amides is 1.